The van der Waals surface area contributed by atoms with E-state index in [0.717, 1.165) is 23.3 Å². The first-order valence-corrected chi connectivity index (χ1v) is 7.63. The van der Waals surface area contributed by atoms with Gasteiger partial charge in [0.2, 0.25) is 0 Å². The molecular weight excluding hydrogens is 260 g/mol. The number of para-hydroxylation sites is 1. The second-order valence-electron chi connectivity index (χ2n) is 5.38. The highest BCUT2D eigenvalue weighted by Gasteiger charge is 2.11. The SMILES string of the molecule is CCCCc1ccc(C(O)Cc2ccccc2OC)cc1. The van der Waals surface area contributed by atoms with Crippen LogP contribution >= 0.6 is 0 Å². The van der Waals surface area contributed by atoms with Gasteiger partial charge in [0.1, 0.15) is 5.75 Å². The Kier molecular flexibility index (Phi) is 5.82. The largest absolute Gasteiger partial charge is 0.496 e. The number of aliphatic hydroxyl groups is 1. The van der Waals surface area contributed by atoms with Gasteiger partial charge in [0.15, 0.2) is 0 Å². The Bertz CT molecular complexity index is 546. The molecule has 0 aromatic heterocycles. The van der Waals surface area contributed by atoms with Crippen LogP contribution in [-0.2, 0) is 12.8 Å². The molecule has 0 radical (unpaired) electrons. The minimum atomic E-state index is -0.499. The van der Waals surface area contributed by atoms with Gasteiger partial charge in [-0.25, -0.2) is 0 Å². The topological polar surface area (TPSA) is 29.5 Å². The Morgan fingerprint density at radius 1 is 1.05 bits per heavy atom. The zero-order valence-corrected chi connectivity index (χ0v) is 12.9. The van der Waals surface area contributed by atoms with Crippen molar-refractivity contribution in [2.45, 2.75) is 38.7 Å². The maximum Gasteiger partial charge on any atom is 0.122 e. The van der Waals surface area contributed by atoms with Crippen LogP contribution in [0.25, 0.3) is 0 Å². The molecular formula is C19H24O2. The number of aliphatic hydroxyl groups excluding tert-OH is 1. The molecule has 1 unspecified atom stereocenters. The molecule has 0 saturated carbocycles. The highest BCUT2D eigenvalue weighted by Crippen LogP contribution is 2.25. The van der Waals surface area contributed by atoms with Crippen LogP contribution in [-0.4, -0.2) is 12.2 Å². The lowest BCUT2D eigenvalue weighted by Gasteiger charge is -2.14. The lowest BCUT2D eigenvalue weighted by molar-refractivity contribution is 0.177. The number of unbranched alkanes of at least 4 members (excludes halogenated alkanes) is 1. The van der Waals surface area contributed by atoms with E-state index >= 15 is 0 Å². The van der Waals surface area contributed by atoms with Gasteiger partial charge in [-0.15, -0.1) is 0 Å². The van der Waals surface area contributed by atoms with Crippen molar-refractivity contribution >= 4 is 0 Å². The summed E-state index contributed by atoms with van der Waals surface area (Å²) in [7, 11) is 1.66. The number of ether oxygens (including phenoxy) is 1. The monoisotopic (exact) mass is 284 g/mol. The van der Waals surface area contributed by atoms with Crippen molar-refractivity contribution < 1.29 is 9.84 Å². The average Bonchev–Trinajstić information content (AvgIpc) is 2.54. The molecule has 0 saturated heterocycles. The Hall–Kier alpha value is -1.80. The quantitative estimate of drug-likeness (QED) is 0.820. The van der Waals surface area contributed by atoms with Crippen LogP contribution in [0, 0.1) is 0 Å². The summed E-state index contributed by atoms with van der Waals surface area (Å²) < 4.78 is 5.33. The van der Waals surface area contributed by atoms with Gasteiger partial charge in [0, 0.05) is 6.42 Å². The lowest BCUT2D eigenvalue weighted by atomic mass is 9.98. The minimum Gasteiger partial charge on any atom is -0.496 e. The van der Waals surface area contributed by atoms with Crippen molar-refractivity contribution in [3.05, 3.63) is 65.2 Å². The molecule has 2 rings (SSSR count). The van der Waals surface area contributed by atoms with E-state index in [1.165, 1.54) is 18.4 Å². The maximum atomic E-state index is 10.4. The van der Waals surface area contributed by atoms with Gasteiger partial charge in [-0.05, 0) is 35.6 Å². The molecule has 2 aromatic rings. The zero-order chi connectivity index (χ0) is 15.1. The molecule has 1 atom stereocenters. The number of methoxy groups -OCH3 is 1. The molecule has 112 valence electrons. The van der Waals surface area contributed by atoms with E-state index in [2.05, 4.69) is 19.1 Å². The second kappa shape index (κ2) is 7.84. The number of rotatable bonds is 7. The van der Waals surface area contributed by atoms with E-state index in [0.29, 0.717) is 6.42 Å². The third kappa shape index (κ3) is 4.33. The minimum absolute atomic E-state index is 0.499. The van der Waals surface area contributed by atoms with Crippen molar-refractivity contribution in [1.29, 1.82) is 0 Å². The van der Waals surface area contributed by atoms with E-state index in [4.69, 9.17) is 4.74 Å². The number of benzene rings is 2. The van der Waals surface area contributed by atoms with Gasteiger partial charge >= 0.3 is 0 Å². The summed E-state index contributed by atoms with van der Waals surface area (Å²) in [4.78, 5) is 0. The molecule has 2 aromatic carbocycles. The first-order valence-electron chi connectivity index (χ1n) is 7.63. The van der Waals surface area contributed by atoms with Gasteiger partial charge in [0.05, 0.1) is 13.2 Å². The van der Waals surface area contributed by atoms with Gasteiger partial charge in [-0.1, -0.05) is 55.8 Å². The number of aryl methyl sites for hydroxylation is 1. The van der Waals surface area contributed by atoms with E-state index < -0.39 is 6.10 Å². The highest BCUT2D eigenvalue weighted by molar-refractivity contribution is 5.35. The van der Waals surface area contributed by atoms with Crippen molar-refractivity contribution in [2.75, 3.05) is 7.11 Å². The third-order valence-electron chi connectivity index (χ3n) is 3.79. The van der Waals surface area contributed by atoms with Crippen molar-refractivity contribution in [3.8, 4) is 5.75 Å². The summed E-state index contributed by atoms with van der Waals surface area (Å²) in [6.45, 7) is 2.20. The van der Waals surface area contributed by atoms with Crippen molar-refractivity contribution in [1.82, 2.24) is 0 Å². The van der Waals surface area contributed by atoms with Gasteiger partial charge in [-0.2, -0.15) is 0 Å². The van der Waals surface area contributed by atoms with Crippen LogP contribution in [0.2, 0.25) is 0 Å². The summed E-state index contributed by atoms with van der Waals surface area (Å²) in [6, 6.07) is 16.1. The molecule has 0 amide bonds. The fourth-order valence-corrected chi connectivity index (χ4v) is 2.49. The van der Waals surface area contributed by atoms with Crippen molar-refractivity contribution in [2.24, 2.45) is 0 Å². The van der Waals surface area contributed by atoms with E-state index in [1.807, 2.05) is 36.4 Å². The summed E-state index contributed by atoms with van der Waals surface area (Å²) in [5.74, 6) is 0.830. The number of hydrogen-bond acceptors (Lipinski definition) is 2. The Morgan fingerprint density at radius 3 is 2.43 bits per heavy atom. The van der Waals surface area contributed by atoms with Gasteiger partial charge in [0.25, 0.3) is 0 Å². The zero-order valence-electron chi connectivity index (χ0n) is 12.9. The predicted octanol–water partition coefficient (Wildman–Crippen LogP) is 4.31. The summed E-state index contributed by atoms with van der Waals surface area (Å²) in [5, 5.41) is 10.4. The molecule has 21 heavy (non-hydrogen) atoms. The smallest absolute Gasteiger partial charge is 0.122 e. The first kappa shape index (κ1) is 15.6. The molecule has 0 aliphatic rings. The fourth-order valence-electron chi connectivity index (χ4n) is 2.49. The van der Waals surface area contributed by atoms with E-state index in [1.54, 1.807) is 7.11 Å². The van der Waals surface area contributed by atoms with Gasteiger partial charge < -0.3 is 9.84 Å². The first-order chi connectivity index (χ1) is 10.2. The van der Waals surface area contributed by atoms with Gasteiger partial charge in [-0.3, -0.25) is 0 Å². The molecule has 0 fully saturated rings. The fraction of sp³-hybridized carbons (Fsp3) is 0.368. The Labute approximate surface area is 127 Å². The van der Waals surface area contributed by atoms with Crippen LogP contribution in [0.15, 0.2) is 48.5 Å². The maximum absolute atomic E-state index is 10.4. The third-order valence-corrected chi connectivity index (χ3v) is 3.79. The molecule has 0 heterocycles. The Morgan fingerprint density at radius 2 is 1.76 bits per heavy atom. The second-order valence-corrected chi connectivity index (χ2v) is 5.38. The molecule has 1 N–H and O–H groups in total. The van der Waals surface area contributed by atoms with E-state index in [9.17, 15) is 5.11 Å². The van der Waals surface area contributed by atoms with Crippen LogP contribution in [0.4, 0.5) is 0 Å². The normalized spacial score (nSPS) is 12.1. The standard InChI is InChI=1S/C19H24O2/c1-3-4-7-15-10-12-16(13-11-15)18(20)14-17-8-5-6-9-19(17)21-2/h5-6,8-13,18,20H,3-4,7,14H2,1-2H3. The average molecular weight is 284 g/mol. The van der Waals surface area contributed by atoms with E-state index in [-0.39, 0.29) is 0 Å². The predicted molar refractivity (Wildman–Crippen MR) is 86.7 cm³/mol. The summed E-state index contributed by atoms with van der Waals surface area (Å²) in [6.07, 6.45) is 3.60. The van der Waals surface area contributed by atoms with Crippen LogP contribution in [0.5, 0.6) is 5.75 Å². The molecule has 0 aliphatic carbocycles. The van der Waals surface area contributed by atoms with Crippen LogP contribution in [0.1, 0.15) is 42.6 Å². The molecule has 2 nitrogen and oxygen atoms in total. The molecule has 2 heteroatoms. The lowest BCUT2D eigenvalue weighted by Crippen LogP contribution is -2.03. The Balaban J connectivity index is 2.04. The highest BCUT2D eigenvalue weighted by atomic mass is 16.5. The number of hydrogen-bond donors (Lipinski definition) is 1. The van der Waals surface area contributed by atoms with Crippen molar-refractivity contribution in [3.63, 3.8) is 0 Å². The molecule has 0 spiro atoms. The van der Waals surface area contributed by atoms with Crippen LogP contribution < -0.4 is 4.74 Å². The van der Waals surface area contributed by atoms with Crippen LogP contribution in [0.3, 0.4) is 0 Å². The molecule has 0 bridgehead atoms. The summed E-state index contributed by atoms with van der Waals surface area (Å²) in [5.41, 5.74) is 3.33. The summed E-state index contributed by atoms with van der Waals surface area (Å²) >= 11 is 0. The molecule has 0 aliphatic heterocycles.